The SMILES string of the molecule is Cc1cnc(Cl)cc1-n1ncc2ccccc21. The van der Waals surface area contributed by atoms with Crippen LogP contribution in [0.4, 0.5) is 0 Å². The van der Waals surface area contributed by atoms with Gasteiger partial charge >= 0.3 is 0 Å². The summed E-state index contributed by atoms with van der Waals surface area (Å²) in [6.45, 7) is 2.00. The van der Waals surface area contributed by atoms with Gasteiger partial charge < -0.3 is 0 Å². The third-order valence-electron chi connectivity index (χ3n) is 2.75. The van der Waals surface area contributed by atoms with Crippen LogP contribution in [0.1, 0.15) is 5.56 Å². The summed E-state index contributed by atoms with van der Waals surface area (Å²) in [5.74, 6) is 0. The highest BCUT2D eigenvalue weighted by Crippen LogP contribution is 2.21. The highest BCUT2D eigenvalue weighted by molar-refractivity contribution is 6.29. The van der Waals surface area contributed by atoms with Gasteiger partial charge in [-0.1, -0.05) is 29.8 Å². The van der Waals surface area contributed by atoms with Gasteiger partial charge in [-0.25, -0.2) is 9.67 Å². The van der Waals surface area contributed by atoms with Gasteiger partial charge in [-0.2, -0.15) is 5.10 Å². The first-order valence-electron chi connectivity index (χ1n) is 5.31. The number of aryl methyl sites for hydroxylation is 1. The van der Waals surface area contributed by atoms with E-state index >= 15 is 0 Å². The smallest absolute Gasteiger partial charge is 0.131 e. The van der Waals surface area contributed by atoms with Crippen LogP contribution in [0.15, 0.2) is 42.7 Å². The molecule has 0 saturated carbocycles. The normalized spacial score (nSPS) is 10.9. The Bertz CT molecular complexity index is 688. The fourth-order valence-corrected chi connectivity index (χ4v) is 2.03. The molecule has 0 atom stereocenters. The molecule has 84 valence electrons. The van der Waals surface area contributed by atoms with Crippen molar-refractivity contribution < 1.29 is 0 Å². The number of benzene rings is 1. The Morgan fingerprint density at radius 3 is 2.88 bits per heavy atom. The molecule has 0 N–H and O–H groups in total. The van der Waals surface area contributed by atoms with Gasteiger partial charge in [-0.05, 0) is 18.6 Å². The molecule has 0 aliphatic rings. The summed E-state index contributed by atoms with van der Waals surface area (Å²) in [5, 5.41) is 5.99. The molecule has 4 heteroatoms. The van der Waals surface area contributed by atoms with Crippen LogP contribution in [-0.2, 0) is 0 Å². The number of hydrogen-bond donors (Lipinski definition) is 0. The van der Waals surface area contributed by atoms with Crippen molar-refractivity contribution in [3.8, 4) is 5.69 Å². The third kappa shape index (κ3) is 1.68. The van der Waals surface area contributed by atoms with Crippen LogP contribution in [0.2, 0.25) is 5.15 Å². The molecular formula is C13H10ClN3. The predicted octanol–water partition coefficient (Wildman–Crippen LogP) is 3.38. The van der Waals surface area contributed by atoms with Crippen LogP contribution >= 0.6 is 11.6 Å². The van der Waals surface area contributed by atoms with E-state index in [2.05, 4.69) is 10.1 Å². The molecule has 0 bridgehead atoms. The number of hydrogen-bond acceptors (Lipinski definition) is 2. The summed E-state index contributed by atoms with van der Waals surface area (Å²) in [5.41, 5.74) is 3.08. The number of rotatable bonds is 1. The van der Waals surface area contributed by atoms with Gasteiger partial charge in [0.2, 0.25) is 0 Å². The second-order valence-electron chi connectivity index (χ2n) is 3.91. The largest absolute Gasteiger partial charge is 0.244 e. The highest BCUT2D eigenvalue weighted by Gasteiger charge is 2.07. The number of aromatic nitrogens is 3. The molecule has 3 rings (SSSR count). The van der Waals surface area contributed by atoms with E-state index in [4.69, 9.17) is 11.6 Å². The van der Waals surface area contributed by atoms with Crippen molar-refractivity contribution in [3.63, 3.8) is 0 Å². The number of halogens is 1. The van der Waals surface area contributed by atoms with E-state index in [0.717, 1.165) is 22.2 Å². The number of pyridine rings is 1. The molecule has 0 aliphatic heterocycles. The van der Waals surface area contributed by atoms with Gasteiger partial charge in [-0.15, -0.1) is 0 Å². The van der Waals surface area contributed by atoms with Gasteiger partial charge in [-0.3, -0.25) is 0 Å². The lowest BCUT2D eigenvalue weighted by Gasteiger charge is -2.07. The minimum atomic E-state index is 0.477. The molecule has 1 aromatic carbocycles. The predicted molar refractivity (Wildman–Crippen MR) is 68.6 cm³/mol. The number of para-hydroxylation sites is 1. The number of nitrogens with zero attached hydrogens (tertiary/aromatic N) is 3. The maximum absolute atomic E-state index is 5.93. The molecule has 0 spiro atoms. The molecule has 2 aromatic heterocycles. The Labute approximate surface area is 104 Å². The quantitative estimate of drug-likeness (QED) is 0.614. The first-order valence-corrected chi connectivity index (χ1v) is 5.69. The first-order chi connectivity index (χ1) is 8.25. The Hall–Kier alpha value is -1.87. The molecule has 17 heavy (non-hydrogen) atoms. The summed E-state index contributed by atoms with van der Waals surface area (Å²) in [6.07, 6.45) is 3.61. The van der Waals surface area contributed by atoms with Crippen molar-refractivity contribution in [2.75, 3.05) is 0 Å². The summed E-state index contributed by atoms with van der Waals surface area (Å²) < 4.78 is 1.89. The Kier molecular flexibility index (Phi) is 2.34. The fourth-order valence-electron chi connectivity index (χ4n) is 1.88. The molecule has 0 saturated heterocycles. The molecule has 0 unspecified atom stereocenters. The van der Waals surface area contributed by atoms with Gasteiger partial charge in [0, 0.05) is 17.6 Å². The average Bonchev–Trinajstić information content (AvgIpc) is 2.76. The van der Waals surface area contributed by atoms with Crippen LogP contribution in [0.5, 0.6) is 0 Å². The zero-order valence-electron chi connectivity index (χ0n) is 9.26. The van der Waals surface area contributed by atoms with Crippen molar-refractivity contribution >= 4 is 22.5 Å². The van der Waals surface area contributed by atoms with E-state index in [0.29, 0.717) is 5.15 Å². The lowest BCUT2D eigenvalue weighted by molar-refractivity contribution is 0.898. The average molecular weight is 244 g/mol. The summed E-state index contributed by atoms with van der Waals surface area (Å²) >= 11 is 5.93. The minimum absolute atomic E-state index is 0.477. The van der Waals surface area contributed by atoms with Gasteiger partial charge in [0.15, 0.2) is 0 Å². The van der Waals surface area contributed by atoms with E-state index in [1.54, 1.807) is 6.20 Å². The van der Waals surface area contributed by atoms with E-state index in [-0.39, 0.29) is 0 Å². The fraction of sp³-hybridized carbons (Fsp3) is 0.0769. The Morgan fingerprint density at radius 1 is 1.18 bits per heavy atom. The standard InChI is InChI=1S/C13H10ClN3/c1-9-7-15-13(14)6-12(9)17-11-5-3-2-4-10(11)8-16-17/h2-8H,1H3. The van der Waals surface area contributed by atoms with E-state index in [1.807, 2.05) is 48.1 Å². The lowest BCUT2D eigenvalue weighted by atomic mass is 10.2. The van der Waals surface area contributed by atoms with Crippen molar-refractivity contribution in [3.05, 3.63) is 53.4 Å². The summed E-state index contributed by atoms with van der Waals surface area (Å²) in [4.78, 5) is 4.05. The molecule has 2 heterocycles. The van der Waals surface area contributed by atoms with Crippen LogP contribution < -0.4 is 0 Å². The van der Waals surface area contributed by atoms with Crippen LogP contribution in [0.3, 0.4) is 0 Å². The molecule has 0 radical (unpaired) electrons. The second kappa shape index (κ2) is 3.86. The van der Waals surface area contributed by atoms with E-state index in [1.165, 1.54) is 0 Å². The molecule has 0 amide bonds. The van der Waals surface area contributed by atoms with E-state index in [9.17, 15) is 0 Å². The maximum Gasteiger partial charge on any atom is 0.131 e. The van der Waals surface area contributed by atoms with Crippen LogP contribution in [0.25, 0.3) is 16.6 Å². The zero-order valence-corrected chi connectivity index (χ0v) is 10.0. The molecule has 3 aromatic rings. The van der Waals surface area contributed by atoms with Crippen LogP contribution in [0, 0.1) is 6.92 Å². The highest BCUT2D eigenvalue weighted by atomic mass is 35.5. The van der Waals surface area contributed by atoms with E-state index < -0.39 is 0 Å². The van der Waals surface area contributed by atoms with Crippen LogP contribution in [-0.4, -0.2) is 14.8 Å². The molecule has 3 nitrogen and oxygen atoms in total. The van der Waals surface area contributed by atoms with Crippen molar-refractivity contribution in [2.45, 2.75) is 6.92 Å². The topological polar surface area (TPSA) is 30.7 Å². The monoisotopic (exact) mass is 243 g/mol. The van der Waals surface area contributed by atoms with Crippen molar-refractivity contribution in [1.82, 2.24) is 14.8 Å². The lowest BCUT2D eigenvalue weighted by Crippen LogP contribution is -1.99. The van der Waals surface area contributed by atoms with Gasteiger partial charge in [0.05, 0.1) is 17.4 Å². The summed E-state index contributed by atoms with van der Waals surface area (Å²) in [6, 6.07) is 9.91. The second-order valence-corrected chi connectivity index (χ2v) is 4.30. The third-order valence-corrected chi connectivity index (χ3v) is 2.95. The molecule has 0 fully saturated rings. The van der Waals surface area contributed by atoms with Gasteiger partial charge in [0.25, 0.3) is 0 Å². The van der Waals surface area contributed by atoms with Crippen molar-refractivity contribution in [2.24, 2.45) is 0 Å². The Morgan fingerprint density at radius 2 is 2.00 bits per heavy atom. The van der Waals surface area contributed by atoms with Gasteiger partial charge in [0.1, 0.15) is 5.15 Å². The minimum Gasteiger partial charge on any atom is -0.244 e. The number of fused-ring (bicyclic) bond motifs is 1. The summed E-state index contributed by atoms with van der Waals surface area (Å²) in [7, 11) is 0. The Balaban J connectivity index is 2.31. The zero-order chi connectivity index (χ0) is 11.8. The molecular weight excluding hydrogens is 234 g/mol. The first kappa shape index (κ1) is 10.3. The molecule has 0 aliphatic carbocycles. The van der Waals surface area contributed by atoms with Crippen molar-refractivity contribution in [1.29, 1.82) is 0 Å². The maximum atomic E-state index is 5.93.